The first-order chi connectivity index (χ1) is 20.1. The number of aromatic nitrogens is 2. The number of benzene rings is 2. The van der Waals surface area contributed by atoms with E-state index in [1.165, 1.54) is 18.2 Å². The van der Waals surface area contributed by atoms with Crippen LogP contribution in [0.1, 0.15) is 55.1 Å². The molecule has 0 unspecified atom stereocenters. The van der Waals surface area contributed by atoms with Crippen LogP contribution in [-0.4, -0.2) is 54.1 Å². The maximum atomic E-state index is 14.1. The Kier molecular flexibility index (Phi) is 9.72. The molecular formula is C32H34FN3O6. The van der Waals surface area contributed by atoms with Gasteiger partial charge < -0.3 is 30.3 Å². The van der Waals surface area contributed by atoms with Crippen LogP contribution in [0.25, 0.3) is 22.4 Å². The summed E-state index contributed by atoms with van der Waals surface area (Å²) in [5.41, 5.74) is 3.73. The Labute approximate surface area is 242 Å². The van der Waals surface area contributed by atoms with Gasteiger partial charge in [-0.3, -0.25) is 14.6 Å². The van der Waals surface area contributed by atoms with Crippen molar-refractivity contribution in [2.45, 2.75) is 57.8 Å². The fraction of sp³-hybridized carbons (Fsp3) is 0.281. The third-order valence-corrected chi connectivity index (χ3v) is 6.96. The minimum absolute atomic E-state index is 0.0939. The summed E-state index contributed by atoms with van der Waals surface area (Å²) >= 11 is 0. The summed E-state index contributed by atoms with van der Waals surface area (Å²) in [6.45, 7) is 4.07. The first-order valence-electron chi connectivity index (χ1n) is 13.7. The van der Waals surface area contributed by atoms with E-state index in [0.717, 1.165) is 0 Å². The third kappa shape index (κ3) is 7.02. The lowest BCUT2D eigenvalue weighted by molar-refractivity contribution is -0.139. The number of carboxylic acid groups (broad SMARTS) is 1. The van der Waals surface area contributed by atoms with Crippen molar-refractivity contribution in [1.82, 2.24) is 9.55 Å². The van der Waals surface area contributed by atoms with E-state index in [2.05, 4.69) is 10.3 Å². The molecule has 220 valence electrons. The van der Waals surface area contributed by atoms with Crippen LogP contribution >= 0.6 is 0 Å². The Balaban J connectivity index is 1.91. The number of para-hydroxylation sites is 2. The van der Waals surface area contributed by atoms with Crippen molar-refractivity contribution in [3.63, 3.8) is 0 Å². The lowest BCUT2D eigenvalue weighted by Crippen LogP contribution is -2.22. The molecule has 2 atom stereocenters. The normalized spacial score (nSPS) is 12.7. The quantitative estimate of drug-likeness (QED) is 0.142. The van der Waals surface area contributed by atoms with E-state index < -0.39 is 36.3 Å². The van der Waals surface area contributed by atoms with Gasteiger partial charge in [-0.05, 0) is 78.4 Å². The highest BCUT2D eigenvalue weighted by atomic mass is 19.1. The van der Waals surface area contributed by atoms with Gasteiger partial charge in [-0.15, -0.1) is 0 Å². The number of aliphatic hydroxyl groups excluding tert-OH is 2. The van der Waals surface area contributed by atoms with Crippen LogP contribution < -0.4 is 5.32 Å². The maximum absolute atomic E-state index is 14.1. The molecule has 0 radical (unpaired) electrons. The largest absolute Gasteiger partial charge is 0.506 e. The molecule has 0 spiro atoms. The number of hydrogen-bond acceptors (Lipinski definition) is 6. The van der Waals surface area contributed by atoms with Crippen molar-refractivity contribution in [1.29, 1.82) is 0 Å². The SMILES string of the molecule is CC(C)c1c(C(=O)Nc2ccccc2O)c(-c2ccncc2)c(-c2ccc(F)cc2)n1CC[C@@H](O)C[C@@H](O)CC(=O)O. The van der Waals surface area contributed by atoms with E-state index in [1.807, 2.05) is 18.4 Å². The highest BCUT2D eigenvalue weighted by Crippen LogP contribution is 2.43. The van der Waals surface area contributed by atoms with Gasteiger partial charge in [0.25, 0.3) is 5.91 Å². The number of carbonyl (C=O) groups is 2. The monoisotopic (exact) mass is 575 g/mol. The van der Waals surface area contributed by atoms with Gasteiger partial charge in [-0.1, -0.05) is 26.0 Å². The number of rotatable bonds is 12. The van der Waals surface area contributed by atoms with Crippen LogP contribution in [0.3, 0.4) is 0 Å². The molecule has 0 bridgehead atoms. The Morgan fingerprint density at radius 2 is 1.62 bits per heavy atom. The predicted molar refractivity (Wildman–Crippen MR) is 157 cm³/mol. The van der Waals surface area contributed by atoms with Crippen LogP contribution in [0.5, 0.6) is 5.75 Å². The minimum Gasteiger partial charge on any atom is -0.506 e. The van der Waals surface area contributed by atoms with Crippen molar-refractivity contribution >= 4 is 17.6 Å². The molecule has 0 aliphatic heterocycles. The van der Waals surface area contributed by atoms with E-state index in [1.54, 1.807) is 54.9 Å². The highest BCUT2D eigenvalue weighted by molar-refractivity contribution is 6.13. The fourth-order valence-electron chi connectivity index (χ4n) is 5.17. The molecule has 2 heterocycles. The first kappa shape index (κ1) is 30.4. The van der Waals surface area contributed by atoms with Gasteiger partial charge >= 0.3 is 5.97 Å². The van der Waals surface area contributed by atoms with Gasteiger partial charge in [-0.2, -0.15) is 0 Å². The number of aliphatic hydroxyl groups is 2. The Morgan fingerprint density at radius 1 is 0.952 bits per heavy atom. The molecular weight excluding hydrogens is 541 g/mol. The number of carboxylic acids is 1. The number of phenolic OH excluding ortho intramolecular Hbond substituents is 1. The number of carbonyl (C=O) groups excluding carboxylic acids is 1. The summed E-state index contributed by atoms with van der Waals surface area (Å²) in [4.78, 5) is 29.2. The number of hydrogen-bond donors (Lipinski definition) is 5. The standard InChI is InChI=1S/C32H34FN3O6/c1-19(2)30-29(32(42)35-25-5-3-4-6-26(25)39)28(20-11-14-34-15-12-20)31(21-7-9-22(33)10-8-21)36(30)16-13-23(37)17-24(38)18-27(40)41/h3-12,14-15,19,23-24,37-39H,13,16-18H2,1-2H3,(H,35,42)(H,40,41)/t23-,24-/m1/s1. The second-order valence-electron chi connectivity index (χ2n) is 10.4. The molecule has 10 heteroatoms. The average molecular weight is 576 g/mol. The number of phenols is 1. The zero-order valence-electron chi connectivity index (χ0n) is 23.4. The molecule has 0 aliphatic carbocycles. The van der Waals surface area contributed by atoms with Crippen molar-refractivity contribution in [2.24, 2.45) is 0 Å². The lowest BCUT2D eigenvalue weighted by Gasteiger charge is -2.20. The smallest absolute Gasteiger partial charge is 0.305 e. The number of halogens is 1. The van der Waals surface area contributed by atoms with Gasteiger partial charge in [0.15, 0.2) is 0 Å². The lowest BCUT2D eigenvalue weighted by atomic mass is 9.95. The summed E-state index contributed by atoms with van der Waals surface area (Å²) in [5.74, 6) is -2.34. The molecule has 42 heavy (non-hydrogen) atoms. The molecule has 0 saturated carbocycles. The maximum Gasteiger partial charge on any atom is 0.305 e. The summed E-state index contributed by atoms with van der Waals surface area (Å²) in [7, 11) is 0. The van der Waals surface area contributed by atoms with Gasteiger partial charge in [0.2, 0.25) is 0 Å². The summed E-state index contributed by atoms with van der Waals surface area (Å²) in [5, 5.41) is 42.9. The topological polar surface area (TPSA) is 145 Å². The summed E-state index contributed by atoms with van der Waals surface area (Å²) < 4.78 is 15.9. The predicted octanol–water partition coefficient (Wildman–Crippen LogP) is 5.41. The van der Waals surface area contributed by atoms with Crippen molar-refractivity contribution in [2.75, 3.05) is 5.32 Å². The molecule has 4 aromatic rings. The van der Waals surface area contributed by atoms with E-state index in [4.69, 9.17) is 5.11 Å². The number of nitrogens with zero attached hydrogens (tertiary/aromatic N) is 2. The summed E-state index contributed by atoms with van der Waals surface area (Å²) in [6.07, 6.45) is 0.509. The van der Waals surface area contributed by atoms with E-state index in [-0.39, 0.29) is 36.7 Å². The zero-order chi connectivity index (χ0) is 30.4. The van der Waals surface area contributed by atoms with Crippen molar-refractivity contribution < 1.29 is 34.4 Å². The molecule has 0 fully saturated rings. The Bertz CT molecular complexity index is 1540. The average Bonchev–Trinajstić information content (AvgIpc) is 3.29. The molecule has 2 aromatic heterocycles. The molecule has 9 nitrogen and oxygen atoms in total. The van der Waals surface area contributed by atoms with E-state index in [9.17, 15) is 29.3 Å². The van der Waals surface area contributed by atoms with Crippen LogP contribution in [0, 0.1) is 5.82 Å². The second-order valence-corrected chi connectivity index (χ2v) is 10.4. The molecule has 0 saturated heterocycles. The van der Waals surface area contributed by atoms with Crippen LogP contribution in [-0.2, 0) is 11.3 Å². The van der Waals surface area contributed by atoms with Crippen LogP contribution in [0.15, 0.2) is 73.1 Å². The van der Waals surface area contributed by atoms with Crippen molar-refractivity contribution in [3.05, 3.63) is 90.1 Å². The molecule has 0 aliphatic rings. The minimum atomic E-state index is -1.21. The molecule has 2 aromatic carbocycles. The van der Waals surface area contributed by atoms with Crippen LogP contribution in [0.4, 0.5) is 10.1 Å². The first-order valence-corrected chi connectivity index (χ1v) is 13.7. The number of anilines is 1. The number of aromatic hydroxyl groups is 1. The van der Waals surface area contributed by atoms with Crippen molar-refractivity contribution in [3.8, 4) is 28.1 Å². The van der Waals surface area contributed by atoms with E-state index in [0.29, 0.717) is 33.6 Å². The number of amides is 1. The number of pyridine rings is 1. The van der Waals surface area contributed by atoms with Gasteiger partial charge in [-0.25, -0.2) is 4.39 Å². The van der Waals surface area contributed by atoms with Gasteiger partial charge in [0, 0.05) is 30.2 Å². The molecule has 4 rings (SSSR count). The highest BCUT2D eigenvalue weighted by Gasteiger charge is 2.31. The van der Waals surface area contributed by atoms with Gasteiger partial charge in [0.05, 0.1) is 35.6 Å². The fourth-order valence-corrected chi connectivity index (χ4v) is 5.17. The Morgan fingerprint density at radius 3 is 2.24 bits per heavy atom. The van der Waals surface area contributed by atoms with Gasteiger partial charge in [0.1, 0.15) is 11.6 Å². The molecule has 1 amide bonds. The third-order valence-electron chi connectivity index (χ3n) is 6.96. The number of aliphatic carboxylic acids is 1. The molecule has 5 N–H and O–H groups in total. The zero-order valence-corrected chi connectivity index (χ0v) is 23.4. The number of nitrogens with one attached hydrogen (secondary N) is 1. The second kappa shape index (κ2) is 13.4. The van der Waals surface area contributed by atoms with Crippen LogP contribution in [0.2, 0.25) is 0 Å². The Hall–Kier alpha value is -4.54. The van der Waals surface area contributed by atoms with E-state index >= 15 is 0 Å². The summed E-state index contributed by atoms with van der Waals surface area (Å²) in [6, 6.07) is 15.8.